The van der Waals surface area contributed by atoms with Crippen LogP contribution in [-0.4, -0.2) is 4.38 Å². The smallest absolute Gasteiger partial charge is 0.0387 e. The highest BCUT2D eigenvalue weighted by Crippen LogP contribution is 2.26. The molecular formula is C14H13I. The van der Waals surface area contributed by atoms with E-state index in [0.717, 1.165) is 11.1 Å². The van der Waals surface area contributed by atoms with Crippen LogP contribution in [0.2, 0.25) is 0 Å². The minimum Gasteiger partial charge on any atom is -0.0853 e. The predicted octanol–water partition coefficient (Wildman–Crippen LogP) is 4.25. The second kappa shape index (κ2) is 5.31. The highest BCUT2D eigenvalue weighted by Gasteiger charge is 2.10. The third kappa shape index (κ3) is 2.59. The fourth-order valence-corrected chi connectivity index (χ4v) is 2.33. The average Bonchev–Trinajstić information content (AvgIpc) is 2.30. The zero-order chi connectivity index (χ0) is 12.3. The largest absolute Gasteiger partial charge is 0.0853 e. The molecule has 76 valence electrons. The van der Waals surface area contributed by atoms with E-state index in [-0.39, 0.29) is 5.92 Å². The Kier molecular flexibility index (Phi) is 2.95. The Hall–Kier alpha value is -0.830. The molecule has 0 heterocycles. The molecule has 0 amide bonds. The van der Waals surface area contributed by atoms with E-state index in [0.29, 0.717) is 0 Å². The summed E-state index contributed by atoms with van der Waals surface area (Å²) in [6.45, 7) is 0. The van der Waals surface area contributed by atoms with Crippen molar-refractivity contribution in [3.05, 3.63) is 71.8 Å². The number of hydrogen-bond acceptors (Lipinski definition) is 0. The number of halogens is 1. The van der Waals surface area contributed by atoms with Crippen molar-refractivity contribution in [3.8, 4) is 0 Å². The number of benzene rings is 2. The summed E-state index contributed by atoms with van der Waals surface area (Å²) in [5.41, 5.74) is 2.02. The summed E-state index contributed by atoms with van der Waals surface area (Å²) in [7, 11) is 0. The zero-order valence-electron chi connectivity index (χ0n) is 10.2. The predicted molar refractivity (Wildman–Crippen MR) is 73.6 cm³/mol. The third-order valence-electron chi connectivity index (χ3n) is 2.37. The lowest BCUT2D eigenvalue weighted by Gasteiger charge is -2.14. The maximum atomic E-state index is 8.02. The van der Waals surface area contributed by atoms with Gasteiger partial charge < -0.3 is 0 Å². The van der Waals surface area contributed by atoms with E-state index in [1.54, 1.807) is 0 Å². The fourth-order valence-electron chi connectivity index (χ4n) is 1.61. The summed E-state index contributed by atoms with van der Waals surface area (Å²) < 4.78 is 14.7. The van der Waals surface area contributed by atoms with E-state index in [1.165, 1.54) is 0 Å². The Morgan fingerprint density at radius 2 is 1.27 bits per heavy atom. The molecule has 15 heavy (non-hydrogen) atoms. The molecule has 0 saturated heterocycles. The SMILES string of the molecule is [2H]C([2H])(I)C(c1ccccc1)c1ccccc1. The van der Waals surface area contributed by atoms with Crippen LogP contribution in [0.4, 0.5) is 0 Å². The summed E-state index contributed by atoms with van der Waals surface area (Å²) in [4.78, 5) is 0. The maximum Gasteiger partial charge on any atom is 0.0387 e. The summed E-state index contributed by atoms with van der Waals surface area (Å²) in [5, 5.41) is 0. The molecule has 1 heteroatoms. The summed E-state index contributed by atoms with van der Waals surface area (Å²) in [5.74, 6) is -0.231. The zero-order valence-corrected chi connectivity index (χ0v) is 10.4. The van der Waals surface area contributed by atoms with Gasteiger partial charge in [0.2, 0.25) is 0 Å². The van der Waals surface area contributed by atoms with Crippen molar-refractivity contribution in [2.45, 2.75) is 5.92 Å². The lowest BCUT2D eigenvalue weighted by molar-refractivity contribution is 0.952. The van der Waals surface area contributed by atoms with Crippen LogP contribution in [0.15, 0.2) is 60.7 Å². The van der Waals surface area contributed by atoms with Crippen LogP contribution in [0.3, 0.4) is 0 Å². The molecule has 0 atom stereocenters. The minimum absolute atomic E-state index is 0.231. The second-order valence-corrected chi connectivity index (χ2v) is 3.99. The van der Waals surface area contributed by atoms with Crippen molar-refractivity contribution in [1.82, 2.24) is 0 Å². The van der Waals surface area contributed by atoms with Gasteiger partial charge >= 0.3 is 0 Å². The van der Waals surface area contributed by atoms with Gasteiger partial charge in [-0.05, 0) is 11.1 Å². The van der Waals surface area contributed by atoms with Gasteiger partial charge in [-0.25, -0.2) is 0 Å². The van der Waals surface area contributed by atoms with Crippen LogP contribution in [0.5, 0.6) is 0 Å². The number of alkyl halides is 1. The molecule has 0 fully saturated rings. The standard InChI is InChI=1S/C14H13I/c15-11-14(12-7-3-1-4-8-12)13-9-5-2-6-10-13/h1-10,14H,11H2/i11D2. The first-order chi connectivity index (χ1) is 8.09. The molecule has 0 aliphatic heterocycles. The van der Waals surface area contributed by atoms with Crippen molar-refractivity contribution in [3.63, 3.8) is 0 Å². The van der Waals surface area contributed by atoms with Gasteiger partial charge in [-0.3, -0.25) is 0 Å². The first-order valence-electron chi connectivity index (χ1n) is 5.88. The normalized spacial score (nSPS) is 13.5. The molecule has 0 aliphatic rings. The van der Waals surface area contributed by atoms with Crippen LogP contribution in [0, 0.1) is 0 Å². The van der Waals surface area contributed by atoms with E-state index >= 15 is 0 Å². The quantitative estimate of drug-likeness (QED) is 0.587. The summed E-state index contributed by atoms with van der Waals surface area (Å²) in [6, 6.07) is 19.6. The molecule has 0 radical (unpaired) electrons. The van der Waals surface area contributed by atoms with Gasteiger partial charge in [0.05, 0.1) is 0 Å². The van der Waals surface area contributed by atoms with E-state index in [2.05, 4.69) is 0 Å². The Morgan fingerprint density at radius 3 is 1.60 bits per heavy atom. The van der Waals surface area contributed by atoms with Crippen molar-refractivity contribution < 1.29 is 2.74 Å². The van der Waals surface area contributed by atoms with E-state index in [9.17, 15) is 0 Å². The molecule has 2 aromatic carbocycles. The Morgan fingerprint density at radius 1 is 0.867 bits per heavy atom. The minimum atomic E-state index is -1.31. The molecule has 0 aliphatic carbocycles. The summed E-state index contributed by atoms with van der Waals surface area (Å²) >= 11 is 1.88. The van der Waals surface area contributed by atoms with Gasteiger partial charge in [-0.2, -0.15) is 0 Å². The van der Waals surface area contributed by atoms with Gasteiger partial charge in [-0.15, -0.1) is 0 Å². The monoisotopic (exact) mass is 310 g/mol. The van der Waals surface area contributed by atoms with Crippen LogP contribution in [0.25, 0.3) is 0 Å². The van der Waals surface area contributed by atoms with Crippen molar-refractivity contribution in [2.75, 3.05) is 4.38 Å². The van der Waals surface area contributed by atoms with Gasteiger partial charge in [0.1, 0.15) is 0 Å². The summed E-state index contributed by atoms with van der Waals surface area (Å²) in [6.07, 6.45) is 0. The molecule has 0 spiro atoms. The highest BCUT2D eigenvalue weighted by atomic mass is 127. The molecule has 0 nitrogen and oxygen atoms in total. The third-order valence-corrected chi connectivity index (χ3v) is 3.00. The van der Waals surface area contributed by atoms with Gasteiger partial charge in [0.15, 0.2) is 0 Å². The number of hydrogen-bond donors (Lipinski definition) is 0. The topological polar surface area (TPSA) is 0 Å². The van der Waals surface area contributed by atoms with Gasteiger partial charge in [0, 0.05) is 13.0 Å². The molecule has 2 rings (SSSR count). The molecule has 2 aromatic rings. The Bertz CT molecular complexity index is 423. The molecule has 0 saturated carbocycles. The molecular weight excluding hydrogens is 295 g/mol. The van der Waals surface area contributed by atoms with Crippen LogP contribution >= 0.6 is 22.6 Å². The maximum absolute atomic E-state index is 8.02. The number of rotatable bonds is 3. The van der Waals surface area contributed by atoms with Crippen LogP contribution in [-0.2, 0) is 0 Å². The Balaban J connectivity index is 2.48. The van der Waals surface area contributed by atoms with E-state index in [4.69, 9.17) is 2.74 Å². The fraction of sp³-hybridized carbons (Fsp3) is 0.143. The van der Waals surface area contributed by atoms with E-state index in [1.807, 2.05) is 83.3 Å². The van der Waals surface area contributed by atoms with E-state index < -0.39 is 4.38 Å². The van der Waals surface area contributed by atoms with Crippen LogP contribution in [0.1, 0.15) is 19.8 Å². The first kappa shape index (κ1) is 8.34. The molecule has 0 bridgehead atoms. The average molecular weight is 310 g/mol. The van der Waals surface area contributed by atoms with Crippen molar-refractivity contribution >= 4 is 22.6 Å². The second-order valence-electron chi connectivity index (χ2n) is 3.36. The highest BCUT2D eigenvalue weighted by molar-refractivity contribution is 14.1. The molecule has 0 aromatic heterocycles. The van der Waals surface area contributed by atoms with Crippen molar-refractivity contribution in [2.24, 2.45) is 0 Å². The molecule has 0 unspecified atom stereocenters. The van der Waals surface area contributed by atoms with Crippen molar-refractivity contribution in [1.29, 1.82) is 0 Å². The first-order valence-corrected chi connectivity index (χ1v) is 5.96. The van der Waals surface area contributed by atoms with Gasteiger partial charge in [0.25, 0.3) is 0 Å². The Labute approximate surface area is 107 Å². The lowest BCUT2D eigenvalue weighted by Crippen LogP contribution is -2.01. The molecule has 0 N–H and O–H groups in total. The van der Waals surface area contributed by atoms with Gasteiger partial charge in [-0.1, -0.05) is 83.3 Å². The van der Waals surface area contributed by atoms with Crippen LogP contribution < -0.4 is 0 Å². The lowest BCUT2D eigenvalue weighted by atomic mass is 9.93.